The van der Waals surface area contributed by atoms with Gasteiger partial charge in [-0.3, -0.25) is 19.2 Å². The molecule has 13 heteroatoms. The van der Waals surface area contributed by atoms with Gasteiger partial charge in [0.25, 0.3) is 17.7 Å². The lowest BCUT2D eigenvalue weighted by Crippen LogP contribution is -2.54. The van der Waals surface area contributed by atoms with Gasteiger partial charge in [-0.25, -0.2) is 0 Å². The molecule has 4 aromatic rings. The molecule has 1 saturated carbocycles. The number of nitrogens with one attached hydrogen (secondary N) is 2. The topological polar surface area (TPSA) is 155 Å². The van der Waals surface area contributed by atoms with E-state index in [0.29, 0.717) is 62.5 Å². The van der Waals surface area contributed by atoms with E-state index in [2.05, 4.69) is 54.8 Å². The van der Waals surface area contributed by atoms with Crippen molar-refractivity contribution in [2.45, 2.75) is 133 Å². The van der Waals surface area contributed by atoms with E-state index in [4.69, 9.17) is 4.74 Å². The summed E-state index contributed by atoms with van der Waals surface area (Å²) in [5.74, 6) is 0.351. The Kier molecular flexibility index (Phi) is 12.5. The zero-order valence-electron chi connectivity index (χ0n) is 39.9. The van der Waals surface area contributed by atoms with E-state index >= 15 is 0 Å². The van der Waals surface area contributed by atoms with Crippen LogP contribution in [-0.4, -0.2) is 130 Å². The maximum Gasteiger partial charge on any atom is 0.254 e. The van der Waals surface area contributed by atoms with Crippen molar-refractivity contribution >= 4 is 29.3 Å². The van der Waals surface area contributed by atoms with Gasteiger partial charge in [-0.05, 0) is 128 Å². The first-order chi connectivity index (χ1) is 33.4. The molecule has 69 heavy (non-hydrogen) atoms. The van der Waals surface area contributed by atoms with Crippen LogP contribution in [0.15, 0.2) is 84.9 Å². The average molecular weight is 935 g/mol. The van der Waals surface area contributed by atoms with Crippen molar-refractivity contribution in [3.63, 3.8) is 0 Å². The molecule has 0 spiro atoms. The fourth-order valence-electron chi connectivity index (χ4n) is 12.8. The maximum atomic E-state index is 13.5. The van der Waals surface area contributed by atoms with Crippen LogP contribution in [0.25, 0.3) is 0 Å². The second kappa shape index (κ2) is 18.7. The quantitative estimate of drug-likeness (QED) is 0.188. The smallest absolute Gasteiger partial charge is 0.254 e. The number of piperidine rings is 2. The molecule has 0 aromatic heterocycles. The summed E-state index contributed by atoms with van der Waals surface area (Å²) >= 11 is 0. The van der Waals surface area contributed by atoms with Gasteiger partial charge < -0.3 is 45.2 Å². The van der Waals surface area contributed by atoms with Gasteiger partial charge in [-0.15, -0.1) is 0 Å². The van der Waals surface area contributed by atoms with Crippen molar-refractivity contribution < 1.29 is 34.1 Å². The molecule has 4 amide bonds. The number of rotatable bonds is 8. The normalized spacial score (nSPS) is 27.4. The summed E-state index contributed by atoms with van der Waals surface area (Å²) in [6.45, 7) is 8.70. The number of aliphatic hydroxyl groups excluding tert-OH is 2. The molecule has 3 unspecified atom stereocenters. The molecule has 6 atom stereocenters. The third kappa shape index (κ3) is 8.79. The highest BCUT2D eigenvalue weighted by Gasteiger charge is 2.44. The number of aliphatic hydroxyl groups is 2. The predicted octanol–water partition coefficient (Wildman–Crippen LogP) is 5.16. The molecule has 0 radical (unpaired) electrons. The zero-order chi connectivity index (χ0) is 47.6. The Labute approximate surface area is 405 Å². The average Bonchev–Trinajstić information content (AvgIpc) is 3.62. The molecule has 13 rings (SSSR count). The second-order valence-electron chi connectivity index (χ2n) is 21.6. The lowest BCUT2D eigenvalue weighted by Gasteiger charge is -2.46. The van der Waals surface area contributed by atoms with Crippen LogP contribution in [0.3, 0.4) is 0 Å². The molecule has 362 valence electrons. The molecule has 4 aromatic carbocycles. The van der Waals surface area contributed by atoms with Gasteiger partial charge in [-0.2, -0.15) is 0 Å². The van der Waals surface area contributed by atoms with Crippen molar-refractivity contribution in [3.8, 4) is 0 Å². The van der Waals surface area contributed by atoms with Gasteiger partial charge in [0.15, 0.2) is 0 Å². The standard InChI is InChI=1S/C29H35N3O3.C27H31N3O4/c1-29(2)17-31(16-26(33)25-13-19-5-3-4-6-20(19)15-30-25)28(35)23-12-11-22(14-24(23)29)32-21-9-7-18(8-10-21)27(32)34;31-25(24-12-17-3-1-2-4-20(17)13-28-24)14-29-10-9-18-11-19(5-8-23(18)27(29)33)26(32)30-21-6-7-22(30)16-34-15-21/h3-6,11-12,14,18,21,25-26,30,33H,7-10,13,15-17H2,1-2H3;1-5,8,11,21-22,24-25,28,31H,6-7,9-10,12-16H2/t18?,21?,25-,26+;21?,22?,24-,25?/m00/s1. The number of anilines is 1. The summed E-state index contributed by atoms with van der Waals surface area (Å²) in [4.78, 5) is 60.5. The number of hydrogen-bond acceptors (Lipinski definition) is 9. The van der Waals surface area contributed by atoms with E-state index in [0.717, 1.165) is 81.3 Å². The molecule has 13 nitrogen and oxygen atoms in total. The lowest BCUT2D eigenvalue weighted by atomic mass is 9.76. The number of fused-ring (bicyclic) bond motifs is 9. The van der Waals surface area contributed by atoms with E-state index in [-0.39, 0.29) is 65.2 Å². The molecular weight excluding hydrogens is 869 g/mol. The Hall–Kier alpha value is -5.44. The Morgan fingerprint density at radius 1 is 0.681 bits per heavy atom. The SMILES string of the molecule is CC1(C)CN(C[C@@H](O)[C@@H]2Cc3ccccc3CN2)C(=O)c2ccc(N3C(=O)C4CCC3CC4)cc21.O=C1c2ccc(C(=O)N3C4CCC3COC4)cc2CCN1CC(O)[C@@H]1Cc2ccccc2CN1. The summed E-state index contributed by atoms with van der Waals surface area (Å²) in [5, 5.41) is 28.9. The molecule has 1 aliphatic carbocycles. The summed E-state index contributed by atoms with van der Waals surface area (Å²) in [6.07, 6.45) is 7.06. The van der Waals surface area contributed by atoms with Gasteiger partial charge in [-0.1, -0.05) is 62.4 Å². The van der Waals surface area contributed by atoms with Crippen LogP contribution in [-0.2, 0) is 47.3 Å². The van der Waals surface area contributed by atoms with Crippen LogP contribution in [0.4, 0.5) is 5.69 Å². The van der Waals surface area contributed by atoms with E-state index in [1.165, 1.54) is 22.3 Å². The number of ether oxygens (including phenoxy) is 1. The lowest BCUT2D eigenvalue weighted by molar-refractivity contribution is -0.126. The Balaban J connectivity index is 0.000000151. The first-order valence-electron chi connectivity index (χ1n) is 25.5. The number of carbonyl (C=O) groups excluding carboxylic acids is 4. The third-order valence-corrected chi connectivity index (χ3v) is 16.7. The van der Waals surface area contributed by atoms with Gasteiger partial charge in [0, 0.05) is 91.1 Å². The van der Waals surface area contributed by atoms with Gasteiger partial charge in [0.05, 0.1) is 37.5 Å². The van der Waals surface area contributed by atoms with E-state index in [9.17, 15) is 29.4 Å². The Bertz CT molecular complexity index is 2630. The summed E-state index contributed by atoms with van der Waals surface area (Å²) in [5.41, 5.74) is 9.63. The number of hydrogen-bond donors (Lipinski definition) is 4. The van der Waals surface area contributed by atoms with Crippen molar-refractivity contribution in [1.82, 2.24) is 25.3 Å². The number of morpholine rings is 1. The first kappa shape index (κ1) is 46.0. The van der Waals surface area contributed by atoms with Crippen LogP contribution in [0, 0.1) is 5.92 Å². The Morgan fingerprint density at radius 3 is 1.87 bits per heavy atom. The van der Waals surface area contributed by atoms with Crippen LogP contribution >= 0.6 is 0 Å². The van der Waals surface area contributed by atoms with Crippen LogP contribution in [0.5, 0.6) is 0 Å². The monoisotopic (exact) mass is 934 g/mol. The van der Waals surface area contributed by atoms with Crippen LogP contribution < -0.4 is 15.5 Å². The number of β-amino-alcohol motifs (C(OH)–C–C–N with tert-alkyl or cyclic N) is 2. The highest BCUT2D eigenvalue weighted by Crippen LogP contribution is 2.42. The summed E-state index contributed by atoms with van der Waals surface area (Å²) in [7, 11) is 0. The molecule has 9 aliphatic rings. The zero-order valence-corrected chi connectivity index (χ0v) is 39.9. The van der Waals surface area contributed by atoms with Crippen LogP contribution in [0.1, 0.15) is 117 Å². The van der Waals surface area contributed by atoms with Gasteiger partial charge in [0.1, 0.15) is 0 Å². The second-order valence-corrected chi connectivity index (χ2v) is 21.6. The third-order valence-electron chi connectivity index (χ3n) is 16.7. The van der Waals surface area contributed by atoms with E-state index in [1.54, 1.807) is 17.0 Å². The number of amides is 4. The molecule has 4 saturated heterocycles. The van der Waals surface area contributed by atoms with Gasteiger partial charge in [0.2, 0.25) is 5.91 Å². The minimum absolute atomic E-state index is 0.0346. The van der Waals surface area contributed by atoms with Crippen molar-refractivity contribution in [3.05, 3.63) is 135 Å². The Morgan fingerprint density at radius 2 is 1.25 bits per heavy atom. The summed E-state index contributed by atoms with van der Waals surface area (Å²) < 4.78 is 5.61. The van der Waals surface area contributed by atoms with E-state index < -0.39 is 12.2 Å². The predicted molar refractivity (Wildman–Crippen MR) is 262 cm³/mol. The molecule has 8 aliphatic heterocycles. The molecule has 8 heterocycles. The van der Waals surface area contributed by atoms with E-state index in [1.807, 2.05) is 57.2 Å². The molecule has 5 fully saturated rings. The molecule has 4 N–H and O–H groups in total. The summed E-state index contributed by atoms with van der Waals surface area (Å²) in [6, 6.07) is 28.5. The minimum atomic E-state index is -0.648. The van der Waals surface area contributed by atoms with Crippen molar-refractivity contribution in [1.29, 1.82) is 0 Å². The number of nitrogens with zero attached hydrogens (tertiary/aromatic N) is 4. The fraction of sp³-hybridized carbons (Fsp3) is 0.500. The highest BCUT2D eigenvalue weighted by molar-refractivity contribution is 6.01. The minimum Gasteiger partial charge on any atom is -0.390 e. The number of benzene rings is 4. The van der Waals surface area contributed by atoms with Crippen molar-refractivity contribution in [2.75, 3.05) is 44.3 Å². The van der Waals surface area contributed by atoms with Crippen LogP contribution in [0.2, 0.25) is 0 Å². The molecular formula is C56H66N6O7. The van der Waals surface area contributed by atoms with Gasteiger partial charge >= 0.3 is 0 Å². The molecule has 4 bridgehead atoms. The fourth-order valence-corrected chi connectivity index (χ4v) is 12.8. The largest absolute Gasteiger partial charge is 0.390 e. The maximum absolute atomic E-state index is 13.5. The highest BCUT2D eigenvalue weighted by atomic mass is 16.5. The number of carbonyl (C=O) groups is 4. The van der Waals surface area contributed by atoms with Crippen molar-refractivity contribution in [2.24, 2.45) is 5.92 Å². The first-order valence-corrected chi connectivity index (χ1v) is 25.5.